The molecule has 1 aliphatic carbocycles. The number of rotatable bonds is 11. The average molecular weight is 495 g/mol. The van der Waals surface area contributed by atoms with Gasteiger partial charge in [-0.2, -0.15) is 0 Å². The third kappa shape index (κ3) is 5.47. The first-order valence-corrected chi connectivity index (χ1v) is 13.6. The van der Waals surface area contributed by atoms with Crippen LogP contribution in [-0.4, -0.2) is 55.5 Å². The predicted octanol–water partition coefficient (Wildman–Crippen LogP) is 4.38. The molecule has 0 amide bonds. The van der Waals surface area contributed by atoms with Gasteiger partial charge < -0.3 is 14.5 Å². The number of nitrogens with one attached hydrogen (secondary N) is 1. The van der Waals surface area contributed by atoms with Crippen LogP contribution in [0.15, 0.2) is 29.1 Å². The molecule has 1 saturated carbocycles. The highest BCUT2D eigenvalue weighted by Gasteiger charge is 2.33. The van der Waals surface area contributed by atoms with Crippen LogP contribution in [-0.2, 0) is 17.8 Å². The highest BCUT2D eigenvalue weighted by Crippen LogP contribution is 2.34. The lowest BCUT2D eigenvalue weighted by Gasteiger charge is -2.35. The van der Waals surface area contributed by atoms with Gasteiger partial charge in [-0.25, -0.2) is 4.68 Å². The van der Waals surface area contributed by atoms with E-state index in [-0.39, 0.29) is 17.7 Å². The van der Waals surface area contributed by atoms with E-state index < -0.39 is 0 Å². The van der Waals surface area contributed by atoms with Crippen molar-refractivity contribution in [2.45, 2.75) is 96.5 Å². The second kappa shape index (κ2) is 11.5. The molecule has 36 heavy (non-hydrogen) atoms. The molecule has 2 fully saturated rings. The molecular weight excluding hydrogens is 456 g/mol. The quantitative estimate of drug-likeness (QED) is 0.422. The number of nitrogens with zero attached hydrogens (tertiary/aromatic N) is 5. The van der Waals surface area contributed by atoms with Crippen LogP contribution >= 0.6 is 0 Å². The third-order valence-electron chi connectivity index (χ3n) is 7.57. The van der Waals surface area contributed by atoms with Gasteiger partial charge in [-0.3, -0.25) is 9.69 Å². The Balaban J connectivity index is 1.48. The van der Waals surface area contributed by atoms with Gasteiger partial charge in [0.05, 0.1) is 25.3 Å². The number of aromatic amines is 1. The first-order valence-electron chi connectivity index (χ1n) is 13.6. The van der Waals surface area contributed by atoms with Crippen LogP contribution in [0.5, 0.6) is 5.75 Å². The van der Waals surface area contributed by atoms with Crippen molar-refractivity contribution in [2.24, 2.45) is 0 Å². The van der Waals surface area contributed by atoms with Crippen molar-refractivity contribution in [3.63, 3.8) is 0 Å². The third-order valence-corrected chi connectivity index (χ3v) is 7.57. The van der Waals surface area contributed by atoms with Crippen molar-refractivity contribution in [2.75, 3.05) is 13.2 Å². The van der Waals surface area contributed by atoms with Crippen molar-refractivity contribution in [1.82, 2.24) is 30.1 Å². The molecule has 1 N–H and O–H groups in total. The number of pyridine rings is 1. The van der Waals surface area contributed by atoms with Crippen molar-refractivity contribution in [3.8, 4) is 5.75 Å². The van der Waals surface area contributed by atoms with E-state index in [9.17, 15) is 4.79 Å². The van der Waals surface area contributed by atoms with E-state index >= 15 is 0 Å². The van der Waals surface area contributed by atoms with Gasteiger partial charge in [0.15, 0.2) is 5.82 Å². The van der Waals surface area contributed by atoms with Crippen LogP contribution in [0.1, 0.15) is 82.6 Å². The maximum atomic E-state index is 13.2. The van der Waals surface area contributed by atoms with Gasteiger partial charge in [-0.15, -0.1) is 5.10 Å². The fraction of sp³-hybridized carbons (Fsp3) is 0.630. The van der Waals surface area contributed by atoms with E-state index in [0.29, 0.717) is 25.7 Å². The van der Waals surface area contributed by atoms with E-state index in [2.05, 4.69) is 32.3 Å². The molecule has 2 aromatic heterocycles. The molecule has 0 unspecified atom stereocenters. The second-order valence-electron chi connectivity index (χ2n) is 10.1. The molecule has 2 atom stereocenters. The number of benzene rings is 1. The first kappa shape index (κ1) is 24.9. The summed E-state index contributed by atoms with van der Waals surface area (Å²) in [5.74, 6) is 1.70. The Kier molecular flexibility index (Phi) is 7.96. The summed E-state index contributed by atoms with van der Waals surface area (Å²) in [6.07, 6.45) is 8.93. The Hall–Kier alpha value is -2.78. The van der Waals surface area contributed by atoms with Gasteiger partial charge in [0, 0.05) is 35.7 Å². The van der Waals surface area contributed by atoms with Gasteiger partial charge in [-0.1, -0.05) is 26.2 Å². The Morgan fingerprint density at radius 1 is 1.19 bits per heavy atom. The molecule has 9 heteroatoms. The number of aromatic nitrogens is 5. The minimum absolute atomic E-state index is 0.0381. The molecule has 194 valence electrons. The summed E-state index contributed by atoms with van der Waals surface area (Å²) in [5, 5.41) is 13.9. The molecular formula is C27H38N6O3. The Morgan fingerprint density at radius 2 is 2.06 bits per heavy atom. The fourth-order valence-corrected chi connectivity index (χ4v) is 5.81. The molecule has 0 bridgehead atoms. The van der Waals surface area contributed by atoms with E-state index in [1.54, 1.807) is 0 Å². The fourth-order valence-electron chi connectivity index (χ4n) is 5.81. The SMILES string of the molecule is CCC[C@H](c1nnnn1C[C@H]1CCCO1)N(Cc1cc2cc(OCC)ccc2[nH]c1=O)C1CCCC1. The van der Waals surface area contributed by atoms with Gasteiger partial charge in [0.1, 0.15) is 5.75 Å². The van der Waals surface area contributed by atoms with Crippen LogP contribution in [0, 0.1) is 0 Å². The zero-order chi connectivity index (χ0) is 24.9. The summed E-state index contributed by atoms with van der Waals surface area (Å²) in [5.41, 5.74) is 1.55. The zero-order valence-corrected chi connectivity index (χ0v) is 21.5. The summed E-state index contributed by atoms with van der Waals surface area (Å²) in [6.45, 7) is 6.83. The topological polar surface area (TPSA) is 98.2 Å². The maximum Gasteiger partial charge on any atom is 0.252 e. The summed E-state index contributed by atoms with van der Waals surface area (Å²) < 4.78 is 13.5. The normalized spacial score (nSPS) is 19.5. The van der Waals surface area contributed by atoms with Crippen LogP contribution < -0.4 is 10.3 Å². The van der Waals surface area contributed by atoms with Gasteiger partial charge in [0.25, 0.3) is 5.56 Å². The van der Waals surface area contributed by atoms with E-state index in [0.717, 1.165) is 73.2 Å². The van der Waals surface area contributed by atoms with E-state index in [1.165, 1.54) is 12.8 Å². The summed E-state index contributed by atoms with van der Waals surface area (Å²) in [7, 11) is 0. The summed E-state index contributed by atoms with van der Waals surface area (Å²) in [4.78, 5) is 18.8. The van der Waals surface area contributed by atoms with Crippen LogP contribution in [0.2, 0.25) is 0 Å². The molecule has 1 aliphatic heterocycles. The lowest BCUT2D eigenvalue weighted by molar-refractivity contribution is 0.0828. The van der Waals surface area contributed by atoms with Crippen LogP contribution in [0.4, 0.5) is 0 Å². The largest absolute Gasteiger partial charge is 0.494 e. The monoisotopic (exact) mass is 494 g/mol. The summed E-state index contributed by atoms with van der Waals surface area (Å²) in [6, 6.07) is 8.29. The maximum absolute atomic E-state index is 13.2. The smallest absolute Gasteiger partial charge is 0.252 e. The number of H-pyrrole nitrogens is 1. The molecule has 9 nitrogen and oxygen atoms in total. The Bertz CT molecular complexity index is 1200. The highest BCUT2D eigenvalue weighted by molar-refractivity contribution is 5.80. The van der Waals surface area contributed by atoms with Gasteiger partial charge in [-0.05, 0) is 73.7 Å². The summed E-state index contributed by atoms with van der Waals surface area (Å²) >= 11 is 0. The lowest BCUT2D eigenvalue weighted by Crippen LogP contribution is -2.39. The van der Waals surface area contributed by atoms with Crippen LogP contribution in [0.25, 0.3) is 10.9 Å². The molecule has 3 aromatic rings. The molecule has 0 radical (unpaired) electrons. The Labute approximate surface area is 212 Å². The standard InChI is InChI=1S/C27H38N6O3/c1-3-8-25(26-29-30-31-33(26)18-23-11-7-14-36-23)32(21-9-5-6-10-21)17-20-15-19-16-22(35-4-2)12-13-24(19)28-27(20)34/h12-13,15-16,21,23,25H,3-11,14,17-18H2,1-2H3,(H,28,34)/t23-,25-/m1/s1. The number of tetrazole rings is 1. The second-order valence-corrected chi connectivity index (χ2v) is 10.1. The molecule has 0 spiro atoms. The minimum atomic E-state index is -0.0381. The number of fused-ring (bicyclic) bond motifs is 1. The molecule has 1 aromatic carbocycles. The Morgan fingerprint density at radius 3 is 2.81 bits per heavy atom. The number of ether oxygens (including phenoxy) is 2. The van der Waals surface area contributed by atoms with Crippen molar-refractivity contribution < 1.29 is 9.47 Å². The van der Waals surface area contributed by atoms with E-state index in [4.69, 9.17) is 9.47 Å². The number of hydrogen-bond acceptors (Lipinski definition) is 7. The lowest BCUT2D eigenvalue weighted by atomic mass is 10.0. The van der Waals surface area contributed by atoms with Gasteiger partial charge in [0.2, 0.25) is 0 Å². The zero-order valence-electron chi connectivity index (χ0n) is 21.5. The molecule has 2 aliphatic rings. The average Bonchev–Trinajstić information content (AvgIpc) is 3.66. The van der Waals surface area contributed by atoms with Crippen molar-refractivity contribution >= 4 is 10.9 Å². The first-order chi connectivity index (χ1) is 17.7. The predicted molar refractivity (Wildman–Crippen MR) is 138 cm³/mol. The van der Waals surface area contributed by atoms with Gasteiger partial charge >= 0.3 is 0 Å². The van der Waals surface area contributed by atoms with E-state index in [1.807, 2.05) is 35.9 Å². The minimum Gasteiger partial charge on any atom is -0.494 e. The molecule has 5 rings (SSSR count). The van der Waals surface area contributed by atoms with Crippen molar-refractivity contribution in [1.29, 1.82) is 0 Å². The number of hydrogen-bond donors (Lipinski definition) is 1. The highest BCUT2D eigenvalue weighted by atomic mass is 16.5. The molecule has 1 saturated heterocycles. The molecule has 3 heterocycles. The van der Waals surface area contributed by atoms with Crippen molar-refractivity contribution in [3.05, 3.63) is 46.0 Å². The van der Waals surface area contributed by atoms with Crippen LogP contribution in [0.3, 0.4) is 0 Å².